The molecule has 0 aliphatic carbocycles. The second-order valence-corrected chi connectivity index (χ2v) is 1.54. The second kappa shape index (κ2) is 4.44. The van der Waals surface area contributed by atoms with E-state index in [0.29, 0.717) is 0 Å². The fraction of sp³-hybridized carbons (Fsp3) is 0. The molecule has 0 saturated carbocycles. The van der Waals surface area contributed by atoms with Crippen molar-refractivity contribution in [3.05, 3.63) is 48.6 Å². The topological polar surface area (TPSA) is 0 Å². The third-order valence-electron chi connectivity index (χ3n) is 0.978. The largest absolute Gasteiger partial charge is 1.00 e. The van der Waals surface area contributed by atoms with Crippen LogP contribution in [-0.4, -0.2) is 0 Å². The van der Waals surface area contributed by atoms with Crippen LogP contribution in [0.4, 0.5) is 0 Å². The number of hydrogen-bond acceptors (Lipinski definition) is 0. The Morgan fingerprint density at radius 1 is 1.11 bits per heavy atom. The molecule has 0 nitrogen and oxygen atoms in total. The monoisotopic (exact) mass is 110 g/mol. The Bertz CT molecular complexity index is 167. The molecule has 0 radical (unpaired) electrons. The normalized spacial score (nSPS) is 7.56. The van der Waals surface area contributed by atoms with Gasteiger partial charge < -0.3 is 0 Å². The minimum absolute atomic E-state index is 0. The molecule has 0 aromatic heterocycles. The first-order valence-electron chi connectivity index (χ1n) is 2.51. The summed E-state index contributed by atoms with van der Waals surface area (Å²) in [6.45, 7) is 3.51. The molecule has 0 amide bonds. The molecule has 0 bridgehead atoms. The summed E-state index contributed by atoms with van der Waals surface area (Å²) >= 11 is 0. The summed E-state index contributed by atoms with van der Waals surface area (Å²) in [6, 6.07) is 9.84. The van der Waals surface area contributed by atoms with Crippen molar-refractivity contribution in [3.63, 3.8) is 0 Å². The Hall–Kier alpha value is -0.443. The van der Waals surface area contributed by atoms with Gasteiger partial charge in [0.15, 0.2) is 0 Å². The zero-order chi connectivity index (χ0) is 5.82. The summed E-state index contributed by atoms with van der Waals surface area (Å²) in [5.74, 6) is 0. The average molecular weight is 110 g/mol. The van der Waals surface area contributed by atoms with Crippen LogP contribution in [0.25, 0.3) is 0 Å². The van der Waals surface area contributed by atoms with Gasteiger partial charge in [0, 0.05) is 0 Å². The molecule has 1 aromatic rings. The molecule has 1 heteroatoms. The third kappa shape index (κ3) is 2.56. The summed E-state index contributed by atoms with van der Waals surface area (Å²) in [6.07, 6.45) is 2.78. The summed E-state index contributed by atoms with van der Waals surface area (Å²) in [5.41, 5.74) is 1.05. The first-order chi connectivity index (χ1) is 3.93. The van der Waals surface area contributed by atoms with Crippen molar-refractivity contribution in [2.24, 2.45) is 0 Å². The molecule has 9 heavy (non-hydrogen) atoms. The summed E-state index contributed by atoms with van der Waals surface area (Å²) < 4.78 is 0. The van der Waals surface area contributed by atoms with Gasteiger partial charge in [0.1, 0.15) is 0 Å². The number of benzene rings is 1. The zero-order valence-electron chi connectivity index (χ0n) is 5.59. The van der Waals surface area contributed by atoms with E-state index in [2.05, 4.69) is 12.7 Å². The van der Waals surface area contributed by atoms with Crippen LogP contribution in [0.3, 0.4) is 0 Å². The fourth-order valence-electron chi connectivity index (χ4n) is 0.556. The minimum atomic E-state index is 0. The number of rotatable bonds is 1. The van der Waals surface area contributed by atoms with Gasteiger partial charge in [-0.05, 0) is 0 Å². The van der Waals surface area contributed by atoms with Crippen molar-refractivity contribution in [1.82, 2.24) is 0 Å². The molecule has 0 aliphatic rings. The standard InChI is InChI=1S/C8H7.Li/c1-2-8-6-4-3-5-7-8;/h3-7H,1H2;/q-1;+1. The van der Waals surface area contributed by atoms with Gasteiger partial charge in [-0.1, -0.05) is 6.07 Å². The van der Waals surface area contributed by atoms with Crippen LogP contribution in [0, 0.1) is 6.08 Å². The summed E-state index contributed by atoms with van der Waals surface area (Å²) in [7, 11) is 0. The molecule has 0 atom stereocenters. The minimum Gasteiger partial charge on any atom is -0.193 e. The number of hydrogen-bond donors (Lipinski definition) is 0. The van der Waals surface area contributed by atoms with E-state index in [1.165, 1.54) is 0 Å². The molecule has 0 N–H and O–H groups in total. The molecular weight excluding hydrogens is 103 g/mol. The molecule has 1 aromatic carbocycles. The zero-order valence-corrected chi connectivity index (χ0v) is 5.59. The smallest absolute Gasteiger partial charge is 0.193 e. The summed E-state index contributed by atoms with van der Waals surface area (Å²) in [5, 5.41) is 0. The molecule has 0 unspecified atom stereocenters. The van der Waals surface area contributed by atoms with E-state index in [-0.39, 0.29) is 18.9 Å². The van der Waals surface area contributed by atoms with Crippen molar-refractivity contribution in [3.8, 4) is 0 Å². The Morgan fingerprint density at radius 3 is 2.00 bits per heavy atom. The van der Waals surface area contributed by atoms with Gasteiger partial charge in [-0.3, -0.25) is 0 Å². The first kappa shape index (κ1) is 8.56. The van der Waals surface area contributed by atoms with E-state index in [4.69, 9.17) is 0 Å². The maximum absolute atomic E-state index is 3.51. The predicted molar refractivity (Wildman–Crippen MR) is 34.4 cm³/mol. The van der Waals surface area contributed by atoms with Gasteiger partial charge in [0.05, 0.1) is 0 Å². The van der Waals surface area contributed by atoms with Gasteiger partial charge in [-0.2, -0.15) is 30.4 Å². The third-order valence-corrected chi connectivity index (χ3v) is 0.978. The van der Waals surface area contributed by atoms with Gasteiger partial charge >= 0.3 is 18.9 Å². The van der Waals surface area contributed by atoms with Gasteiger partial charge in [0.25, 0.3) is 0 Å². The van der Waals surface area contributed by atoms with E-state index in [1.54, 1.807) is 0 Å². The van der Waals surface area contributed by atoms with Gasteiger partial charge in [-0.25, -0.2) is 0 Å². The van der Waals surface area contributed by atoms with Crippen LogP contribution in [0.5, 0.6) is 0 Å². The van der Waals surface area contributed by atoms with Crippen LogP contribution < -0.4 is 18.9 Å². The van der Waals surface area contributed by atoms with Gasteiger partial charge in [0.2, 0.25) is 0 Å². The SMILES string of the molecule is C=[C-]c1ccccc1.[Li+]. The average Bonchev–Trinajstić information content (AvgIpc) is 1.90. The quantitative estimate of drug-likeness (QED) is 0.322. The Labute approximate surface area is 67.8 Å². The second-order valence-electron chi connectivity index (χ2n) is 1.54. The van der Waals surface area contributed by atoms with E-state index >= 15 is 0 Å². The molecule has 40 valence electrons. The van der Waals surface area contributed by atoms with Crippen LogP contribution in [0.15, 0.2) is 36.9 Å². The molecule has 0 fully saturated rings. The molecular formula is C8H7Li. The maximum atomic E-state index is 3.51. The van der Waals surface area contributed by atoms with Crippen LogP contribution in [0.2, 0.25) is 0 Å². The predicted octanol–water partition coefficient (Wildman–Crippen LogP) is -0.972. The molecule has 0 spiro atoms. The van der Waals surface area contributed by atoms with Crippen LogP contribution >= 0.6 is 0 Å². The summed E-state index contributed by atoms with van der Waals surface area (Å²) in [4.78, 5) is 0. The van der Waals surface area contributed by atoms with Crippen LogP contribution in [0.1, 0.15) is 5.56 Å². The van der Waals surface area contributed by atoms with Crippen LogP contribution in [-0.2, 0) is 0 Å². The Balaban J connectivity index is 0.000000640. The van der Waals surface area contributed by atoms with Crippen molar-refractivity contribution >= 4 is 0 Å². The van der Waals surface area contributed by atoms with E-state index in [9.17, 15) is 0 Å². The van der Waals surface area contributed by atoms with E-state index in [0.717, 1.165) is 5.56 Å². The van der Waals surface area contributed by atoms with Crippen molar-refractivity contribution < 1.29 is 18.9 Å². The van der Waals surface area contributed by atoms with E-state index < -0.39 is 0 Å². The molecule has 0 heterocycles. The Morgan fingerprint density at radius 2 is 1.67 bits per heavy atom. The Kier molecular flexibility index (Phi) is 4.22. The first-order valence-corrected chi connectivity index (χ1v) is 2.51. The van der Waals surface area contributed by atoms with Crippen molar-refractivity contribution in [2.75, 3.05) is 0 Å². The molecule has 0 saturated heterocycles. The van der Waals surface area contributed by atoms with E-state index in [1.807, 2.05) is 30.3 Å². The van der Waals surface area contributed by atoms with Gasteiger partial charge in [-0.15, -0.1) is 12.1 Å². The molecule has 0 aliphatic heterocycles. The van der Waals surface area contributed by atoms with Crippen molar-refractivity contribution in [1.29, 1.82) is 0 Å². The van der Waals surface area contributed by atoms with Crippen molar-refractivity contribution in [2.45, 2.75) is 0 Å². The fourth-order valence-corrected chi connectivity index (χ4v) is 0.556. The maximum Gasteiger partial charge on any atom is 1.00 e. The molecule has 1 rings (SSSR count).